The van der Waals surface area contributed by atoms with E-state index in [1.165, 1.54) is 32.4 Å². The van der Waals surface area contributed by atoms with Crippen molar-refractivity contribution in [3.05, 3.63) is 0 Å². The molecule has 2 heterocycles. The Bertz CT molecular complexity index is 260. The van der Waals surface area contributed by atoms with Gasteiger partial charge in [-0.2, -0.15) is 0 Å². The smallest absolute Gasteiger partial charge is 0.0829 e. The van der Waals surface area contributed by atoms with Crippen LogP contribution in [0.5, 0.6) is 0 Å². The number of nitrogens with zero attached hydrogens (tertiary/aromatic N) is 2. The minimum atomic E-state index is 0.375. The molecule has 4 heteroatoms. The highest BCUT2D eigenvalue weighted by Crippen LogP contribution is 2.18. The molecule has 2 atom stereocenters. The molecule has 2 N–H and O–H groups in total. The van der Waals surface area contributed by atoms with E-state index >= 15 is 0 Å². The molecule has 0 spiro atoms. The van der Waals surface area contributed by atoms with Gasteiger partial charge in [0.05, 0.1) is 12.7 Å². The number of hydrogen-bond donors (Lipinski definition) is 1. The zero-order valence-corrected chi connectivity index (χ0v) is 12.7. The van der Waals surface area contributed by atoms with Crippen LogP contribution in [-0.4, -0.2) is 67.8 Å². The van der Waals surface area contributed by atoms with Crippen molar-refractivity contribution in [2.24, 2.45) is 11.7 Å². The molecule has 19 heavy (non-hydrogen) atoms. The molecule has 4 nitrogen and oxygen atoms in total. The van der Waals surface area contributed by atoms with Crippen LogP contribution in [0, 0.1) is 5.92 Å². The van der Waals surface area contributed by atoms with Crippen LogP contribution in [0.25, 0.3) is 0 Å². The number of likely N-dealkylation sites (tertiary alicyclic amines) is 1. The predicted octanol–water partition coefficient (Wildman–Crippen LogP) is 1.16. The van der Waals surface area contributed by atoms with E-state index in [9.17, 15) is 0 Å². The third-order valence-electron chi connectivity index (χ3n) is 4.31. The van der Waals surface area contributed by atoms with E-state index in [1.807, 2.05) is 0 Å². The molecule has 0 aromatic heterocycles. The third kappa shape index (κ3) is 4.71. The summed E-state index contributed by atoms with van der Waals surface area (Å²) in [5.74, 6) is 0.741. The quantitative estimate of drug-likeness (QED) is 0.813. The lowest BCUT2D eigenvalue weighted by Crippen LogP contribution is -2.52. The highest BCUT2D eigenvalue weighted by atomic mass is 16.5. The van der Waals surface area contributed by atoms with Crippen molar-refractivity contribution in [2.45, 2.75) is 45.3 Å². The Morgan fingerprint density at radius 3 is 2.84 bits per heavy atom. The molecule has 0 aromatic carbocycles. The van der Waals surface area contributed by atoms with E-state index in [2.05, 4.69) is 23.6 Å². The van der Waals surface area contributed by atoms with Gasteiger partial charge in [0.1, 0.15) is 0 Å². The van der Waals surface area contributed by atoms with Crippen LogP contribution in [0.3, 0.4) is 0 Å². The van der Waals surface area contributed by atoms with E-state index in [-0.39, 0.29) is 0 Å². The summed E-state index contributed by atoms with van der Waals surface area (Å²) in [5.41, 5.74) is 5.90. The lowest BCUT2D eigenvalue weighted by atomic mass is 10.0. The van der Waals surface area contributed by atoms with Crippen molar-refractivity contribution in [2.75, 3.05) is 45.9 Å². The number of rotatable bonds is 5. The summed E-state index contributed by atoms with van der Waals surface area (Å²) in [5, 5.41) is 0. The van der Waals surface area contributed by atoms with Gasteiger partial charge in [-0.1, -0.05) is 20.3 Å². The second-order valence-electron chi connectivity index (χ2n) is 6.53. The maximum atomic E-state index is 5.96. The van der Waals surface area contributed by atoms with E-state index < -0.39 is 0 Å². The minimum absolute atomic E-state index is 0.375. The van der Waals surface area contributed by atoms with Crippen LogP contribution in [-0.2, 0) is 4.74 Å². The monoisotopic (exact) mass is 269 g/mol. The Morgan fingerprint density at radius 2 is 2.11 bits per heavy atom. The topological polar surface area (TPSA) is 41.7 Å². The van der Waals surface area contributed by atoms with Gasteiger partial charge in [0.25, 0.3) is 0 Å². The lowest BCUT2D eigenvalue weighted by molar-refractivity contribution is -0.0538. The van der Waals surface area contributed by atoms with E-state index in [0.717, 1.165) is 38.7 Å². The Hall–Kier alpha value is -0.160. The highest BCUT2D eigenvalue weighted by molar-refractivity contribution is 4.82. The van der Waals surface area contributed by atoms with Gasteiger partial charge in [0.15, 0.2) is 0 Å². The van der Waals surface area contributed by atoms with E-state index in [4.69, 9.17) is 10.5 Å². The number of nitrogens with two attached hydrogens (primary N) is 1. The van der Waals surface area contributed by atoms with Crippen LogP contribution in [0.15, 0.2) is 0 Å². The van der Waals surface area contributed by atoms with E-state index in [0.29, 0.717) is 12.1 Å². The van der Waals surface area contributed by atoms with Crippen LogP contribution in [0.4, 0.5) is 0 Å². The van der Waals surface area contributed by atoms with Crippen molar-refractivity contribution in [1.29, 1.82) is 0 Å². The fourth-order valence-corrected chi connectivity index (χ4v) is 3.40. The van der Waals surface area contributed by atoms with Gasteiger partial charge in [-0.05, 0) is 25.3 Å². The minimum Gasteiger partial charge on any atom is -0.374 e. The second-order valence-corrected chi connectivity index (χ2v) is 6.53. The summed E-state index contributed by atoms with van der Waals surface area (Å²) in [6, 6.07) is 0.581. The number of piperidine rings is 1. The molecule has 0 saturated carbocycles. The molecule has 0 radical (unpaired) electrons. The van der Waals surface area contributed by atoms with Crippen molar-refractivity contribution in [3.63, 3.8) is 0 Å². The summed E-state index contributed by atoms with van der Waals surface area (Å²) >= 11 is 0. The van der Waals surface area contributed by atoms with Gasteiger partial charge >= 0.3 is 0 Å². The number of morpholine rings is 1. The summed E-state index contributed by atoms with van der Waals surface area (Å²) in [4.78, 5) is 5.12. The maximum Gasteiger partial charge on any atom is 0.0829 e. The first kappa shape index (κ1) is 15.2. The van der Waals surface area contributed by atoms with Crippen LogP contribution >= 0.6 is 0 Å². The Balaban J connectivity index is 1.80. The fourth-order valence-electron chi connectivity index (χ4n) is 3.40. The first-order valence-electron chi connectivity index (χ1n) is 7.97. The molecule has 2 unspecified atom stereocenters. The third-order valence-corrected chi connectivity index (χ3v) is 4.31. The zero-order valence-electron chi connectivity index (χ0n) is 12.7. The van der Waals surface area contributed by atoms with Gasteiger partial charge in [0.2, 0.25) is 0 Å². The molecule has 0 amide bonds. The molecular weight excluding hydrogens is 238 g/mol. The SMILES string of the molecule is CC(C)CN1CCOC(CN2CCCCC2CN)C1. The first-order chi connectivity index (χ1) is 9.19. The summed E-state index contributed by atoms with van der Waals surface area (Å²) in [7, 11) is 0. The zero-order chi connectivity index (χ0) is 13.7. The van der Waals surface area contributed by atoms with Crippen LogP contribution in [0.1, 0.15) is 33.1 Å². The molecule has 112 valence electrons. The standard InChI is InChI=1S/C15H31N3O/c1-13(2)10-17-7-8-19-15(11-17)12-18-6-4-3-5-14(18)9-16/h13-15H,3-12,16H2,1-2H3. The van der Waals surface area contributed by atoms with Gasteiger partial charge < -0.3 is 10.5 Å². The largest absolute Gasteiger partial charge is 0.374 e. The average Bonchev–Trinajstić information content (AvgIpc) is 2.39. The van der Waals surface area contributed by atoms with Gasteiger partial charge in [-0.15, -0.1) is 0 Å². The van der Waals surface area contributed by atoms with Gasteiger partial charge in [0, 0.05) is 38.8 Å². The molecule has 2 rings (SSSR count). The van der Waals surface area contributed by atoms with Gasteiger partial charge in [-0.3, -0.25) is 9.80 Å². The van der Waals surface area contributed by atoms with Crippen molar-refractivity contribution in [1.82, 2.24) is 9.80 Å². The van der Waals surface area contributed by atoms with Crippen LogP contribution < -0.4 is 5.73 Å². The Morgan fingerprint density at radius 1 is 1.26 bits per heavy atom. The van der Waals surface area contributed by atoms with Crippen molar-refractivity contribution >= 4 is 0 Å². The van der Waals surface area contributed by atoms with E-state index in [1.54, 1.807) is 0 Å². The molecule has 2 saturated heterocycles. The molecule has 2 aliphatic heterocycles. The molecule has 2 fully saturated rings. The number of hydrogen-bond acceptors (Lipinski definition) is 4. The lowest BCUT2D eigenvalue weighted by Gasteiger charge is -2.40. The molecular formula is C15H31N3O. The summed E-state index contributed by atoms with van der Waals surface area (Å²) < 4.78 is 5.96. The second kappa shape index (κ2) is 7.58. The Kier molecular flexibility index (Phi) is 6.07. The Labute approximate surface area is 118 Å². The van der Waals surface area contributed by atoms with Crippen molar-refractivity contribution < 1.29 is 4.74 Å². The predicted molar refractivity (Wildman–Crippen MR) is 79.3 cm³/mol. The van der Waals surface area contributed by atoms with Crippen LogP contribution in [0.2, 0.25) is 0 Å². The molecule has 2 aliphatic rings. The molecule has 0 bridgehead atoms. The molecule has 0 aromatic rings. The summed E-state index contributed by atoms with van der Waals surface area (Å²) in [6.07, 6.45) is 4.29. The fraction of sp³-hybridized carbons (Fsp3) is 1.00. The number of ether oxygens (including phenoxy) is 1. The first-order valence-corrected chi connectivity index (χ1v) is 7.97. The summed E-state index contributed by atoms with van der Waals surface area (Å²) in [6.45, 7) is 11.9. The maximum absolute atomic E-state index is 5.96. The van der Waals surface area contributed by atoms with Gasteiger partial charge in [-0.25, -0.2) is 0 Å². The normalized spacial score (nSPS) is 30.9. The highest BCUT2D eigenvalue weighted by Gasteiger charge is 2.27. The van der Waals surface area contributed by atoms with Crippen molar-refractivity contribution in [3.8, 4) is 0 Å². The molecule has 0 aliphatic carbocycles. The average molecular weight is 269 g/mol.